The second kappa shape index (κ2) is 10.6. The van der Waals surface area contributed by atoms with Gasteiger partial charge in [0.2, 0.25) is 0 Å². The van der Waals surface area contributed by atoms with E-state index in [-0.39, 0.29) is 6.79 Å². The van der Waals surface area contributed by atoms with Crippen molar-refractivity contribution in [1.29, 1.82) is 5.26 Å². The number of methoxy groups -OCH3 is 1. The number of nitrogens with zero attached hydrogens (tertiary/aromatic N) is 1. The zero-order chi connectivity index (χ0) is 13.8. The van der Waals surface area contributed by atoms with E-state index in [9.17, 15) is 0 Å². The lowest BCUT2D eigenvalue weighted by Crippen LogP contribution is -2.09. The van der Waals surface area contributed by atoms with Gasteiger partial charge in [-0.3, -0.25) is 0 Å². The van der Waals surface area contributed by atoms with E-state index in [1.54, 1.807) is 13.2 Å². The second-order valence-electron chi connectivity index (χ2n) is 3.23. The van der Waals surface area contributed by atoms with E-state index in [4.69, 9.17) is 19.5 Å². The third-order valence-electron chi connectivity index (χ3n) is 2.05. The van der Waals surface area contributed by atoms with Gasteiger partial charge in [0.1, 0.15) is 11.8 Å². The molecular weight excluding hydrogens is 230 g/mol. The molecule has 0 bridgehead atoms. The molecule has 0 N–H and O–H groups in total. The number of hydrogen-bond acceptors (Lipinski definition) is 4. The van der Waals surface area contributed by atoms with Gasteiger partial charge in [-0.25, -0.2) is 0 Å². The SMILES string of the molecule is CC.COCCOCOc1c(C)cccc1C#N. The Balaban J connectivity index is 0.00000137. The molecule has 4 nitrogen and oxygen atoms in total. The zero-order valence-corrected chi connectivity index (χ0v) is 11.5. The molecule has 0 spiro atoms. The van der Waals surface area contributed by atoms with E-state index in [0.29, 0.717) is 24.5 Å². The van der Waals surface area contributed by atoms with Crippen molar-refractivity contribution in [3.8, 4) is 11.8 Å². The largest absolute Gasteiger partial charge is 0.466 e. The van der Waals surface area contributed by atoms with Gasteiger partial charge in [-0.05, 0) is 18.6 Å². The molecular formula is C14H21NO3. The lowest BCUT2D eigenvalue weighted by Gasteiger charge is -2.10. The lowest BCUT2D eigenvalue weighted by molar-refractivity contribution is -0.00888. The maximum absolute atomic E-state index is 8.89. The normalized spacial score (nSPS) is 9.06. The number of rotatable bonds is 6. The molecule has 0 aromatic heterocycles. The van der Waals surface area contributed by atoms with Crippen LogP contribution in [0.3, 0.4) is 0 Å². The summed E-state index contributed by atoms with van der Waals surface area (Å²) in [7, 11) is 1.61. The Bertz CT molecular complexity index is 372. The van der Waals surface area contributed by atoms with Gasteiger partial charge in [-0.1, -0.05) is 26.0 Å². The molecule has 100 valence electrons. The maximum Gasteiger partial charge on any atom is 0.189 e. The molecule has 1 aromatic carbocycles. The highest BCUT2D eigenvalue weighted by molar-refractivity contribution is 5.47. The lowest BCUT2D eigenvalue weighted by atomic mass is 10.1. The van der Waals surface area contributed by atoms with Crippen molar-refractivity contribution in [2.45, 2.75) is 20.8 Å². The maximum atomic E-state index is 8.89. The molecule has 0 saturated carbocycles. The fourth-order valence-electron chi connectivity index (χ4n) is 1.23. The van der Waals surface area contributed by atoms with E-state index in [1.165, 1.54) is 0 Å². The summed E-state index contributed by atoms with van der Waals surface area (Å²) in [6, 6.07) is 7.52. The predicted octanol–water partition coefficient (Wildman–Crippen LogP) is 2.89. The molecule has 0 fully saturated rings. The first-order valence-corrected chi connectivity index (χ1v) is 5.98. The summed E-state index contributed by atoms with van der Waals surface area (Å²) in [5, 5.41) is 8.89. The van der Waals surface area contributed by atoms with Crippen molar-refractivity contribution in [2.24, 2.45) is 0 Å². The Hall–Kier alpha value is -1.57. The van der Waals surface area contributed by atoms with Gasteiger partial charge in [0.25, 0.3) is 0 Å². The zero-order valence-electron chi connectivity index (χ0n) is 11.5. The van der Waals surface area contributed by atoms with E-state index in [2.05, 4.69) is 6.07 Å². The third kappa shape index (κ3) is 5.67. The van der Waals surface area contributed by atoms with E-state index >= 15 is 0 Å². The molecule has 0 atom stereocenters. The molecule has 0 aliphatic carbocycles. The second-order valence-corrected chi connectivity index (χ2v) is 3.23. The Labute approximate surface area is 109 Å². The van der Waals surface area contributed by atoms with Crippen LogP contribution in [-0.2, 0) is 9.47 Å². The Morgan fingerprint density at radius 1 is 1.22 bits per heavy atom. The summed E-state index contributed by atoms with van der Waals surface area (Å²) in [6.45, 7) is 7.03. The van der Waals surface area contributed by atoms with Crippen LogP contribution in [0.5, 0.6) is 5.75 Å². The van der Waals surface area contributed by atoms with Gasteiger partial charge in [-0.2, -0.15) is 5.26 Å². The highest BCUT2D eigenvalue weighted by Gasteiger charge is 2.05. The summed E-state index contributed by atoms with van der Waals surface area (Å²) in [5.74, 6) is 0.586. The number of para-hydroxylation sites is 1. The summed E-state index contributed by atoms with van der Waals surface area (Å²) < 4.78 is 15.4. The minimum Gasteiger partial charge on any atom is -0.466 e. The van der Waals surface area contributed by atoms with Crippen LogP contribution >= 0.6 is 0 Å². The van der Waals surface area contributed by atoms with Crippen molar-refractivity contribution < 1.29 is 14.2 Å². The topological polar surface area (TPSA) is 51.5 Å². The number of ether oxygens (including phenoxy) is 3. The van der Waals surface area contributed by atoms with E-state index in [1.807, 2.05) is 32.9 Å². The van der Waals surface area contributed by atoms with Crippen LogP contribution in [0.4, 0.5) is 0 Å². The predicted molar refractivity (Wildman–Crippen MR) is 70.6 cm³/mol. The minimum absolute atomic E-state index is 0.128. The summed E-state index contributed by atoms with van der Waals surface area (Å²) in [5.41, 5.74) is 1.45. The van der Waals surface area contributed by atoms with Crippen molar-refractivity contribution in [3.63, 3.8) is 0 Å². The molecule has 0 aliphatic rings. The molecule has 0 amide bonds. The van der Waals surface area contributed by atoms with Crippen LogP contribution in [0.15, 0.2) is 18.2 Å². The van der Waals surface area contributed by atoms with Crippen LogP contribution in [0.1, 0.15) is 25.0 Å². The number of aryl methyl sites for hydroxylation is 1. The fourth-order valence-corrected chi connectivity index (χ4v) is 1.23. The van der Waals surface area contributed by atoms with Gasteiger partial charge in [0.05, 0.1) is 18.8 Å². The smallest absolute Gasteiger partial charge is 0.189 e. The van der Waals surface area contributed by atoms with E-state index in [0.717, 1.165) is 5.56 Å². The number of benzene rings is 1. The highest BCUT2D eigenvalue weighted by Crippen LogP contribution is 2.22. The average molecular weight is 251 g/mol. The van der Waals surface area contributed by atoms with Crippen molar-refractivity contribution in [3.05, 3.63) is 29.3 Å². The molecule has 0 heterocycles. The van der Waals surface area contributed by atoms with Crippen LogP contribution in [0.2, 0.25) is 0 Å². The highest BCUT2D eigenvalue weighted by atomic mass is 16.7. The van der Waals surface area contributed by atoms with Gasteiger partial charge < -0.3 is 14.2 Å². The Kier molecular flexibility index (Phi) is 9.65. The van der Waals surface area contributed by atoms with Crippen molar-refractivity contribution in [1.82, 2.24) is 0 Å². The molecule has 0 aliphatic heterocycles. The van der Waals surface area contributed by atoms with Crippen molar-refractivity contribution >= 4 is 0 Å². The Morgan fingerprint density at radius 2 is 1.94 bits per heavy atom. The van der Waals surface area contributed by atoms with Crippen LogP contribution in [0.25, 0.3) is 0 Å². The standard InChI is InChI=1S/C12H15NO3.C2H6/c1-10-4-3-5-11(8-13)12(10)16-9-15-7-6-14-2;1-2/h3-5H,6-7,9H2,1-2H3;1-2H3. The monoisotopic (exact) mass is 251 g/mol. The van der Waals surface area contributed by atoms with E-state index < -0.39 is 0 Å². The average Bonchev–Trinajstić information content (AvgIpc) is 2.42. The first-order valence-electron chi connectivity index (χ1n) is 5.98. The van der Waals surface area contributed by atoms with Gasteiger partial charge in [0, 0.05) is 7.11 Å². The van der Waals surface area contributed by atoms with Gasteiger partial charge in [0.15, 0.2) is 6.79 Å². The van der Waals surface area contributed by atoms with Gasteiger partial charge >= 0.3 is 0 Å². The van der Waals surface area contributed by atoms with Crippen molar-refractivity contribution in [2.75, 3.05) is 27.1 Å². The molecule has 0 unspecified atom stereocenters. The number of hydrogen-bond donors (Lipinski definition) is 0. The van der Waals surface area contributed by atoms with Gasteiger partial charge in [-0.15, -0.1) is 0 Å². The molecule has 18 heavy (non-hydrogen) atoms. The summed E-state index contributed by atoms with van der Waals surface area (Å²) in [4.78, 5) is 0. The first kappa shape index (κ1) is 16.4. The third-order valence-corrected chi connectivity index (χ3v) is 2.05. The summed E-state index contributed by atoms with van der Waals surface area (Å²) in [6.07, 6.45) is 0. The molecule has 0 radical (unpaired) electrons. The molecule has 4 heteroatoms. The number of nitriles is 1. The molecule has 1 aromatic rings. The summed E-state index contributed by atoms with van der Waals surface area (Å²) >= 11 is 0. The first-order chi connectivity index (χ1) is 8.79. The minimum atomic E-state index is 0.128. The molecule has 1 rings (SSSR count). The van der Waals surface area contributed by atoms with Crippen LogP contribution < -0.4 is 4.74 Å². The quantitative estimate of drug-likeness (QED) is 0.576. The fraction of sp³-hybridized carbons (Fsp3) is 0.500. The Morgan fingerprint density at radius 3 is 2.56 bits per heavy atom. The van der Waals surface area contributed by atoms with Crippen LogP contribution in [-0.4, -0.2) is 27.1 Å². The molecule has 0 saturated heterocycles. The van der Waals surface area contributed by atoms with Crippen LogP contribution in [0, 0.1) is 18.3 Å².